The van der Waals surface area contributed by atoms with Crippen molar-refractivity contribution in [3.05, 3.63) is 35.4 Å². The molecule has 1 aromatic carbocycles. The van der Waals surface area contributed by atoms with E-state index in [2.05, 4.69) is 11.6 Å². The predicted molar refractivity (Wildman–Crippen MR) is 85.1 cm³/mol. The molecule has 2 N–H and O–H groups in total. The minimum absolute atomic E-state index is 0.133. The minimum Gasteiger partial charge on any atom is -0.478 e. The Morgan fingerprint density at radius 2 is 1.71 bits per heavy atom. The normalized spacial score (nSPS) is 17.2. The topological polar surface area (TPSA) is 66.4 Å². The summed E-state index contributed by atoms with van der Waals surface area (Å²) in [4.78, 5) is 23.0. The second kappa shape index (κ2) is 6.98. The molecule has 0 aromatic heterocycles. The molecule has 0 heterocycles. The van der Waals surface area contributed by atoms with Crippen molar-refractivity contribution in [3.8, 4) is 0 Å². The summed E-state index contributed by atoms with van der Waals surface area (Å²) in [5.74, 6) is -1.11. The molecule has 1 aromatic rings. The number of carboxylic acid groups (broad SMARTS) is 1. The number of nitrogens with one attached hydrogen (secondary N) is 1. The van der Waals surface area contributed by atoms with Crippen LogP contribution in [0.15, 0.2) is 24.3 Å². The highest BCUT2D eigenvalue weighted by molar-refractivity contribution is 8.00. The van der Waals surface area contributed by atoms with Gasteiger partial charge in [-0.2, -0.15) is 11.8 Å². The van der Waals surface area contributed by atoms with Gasteiger partial charge in [0, 0.05) is 16.9 Å². The molecule has 5 heteroatoms. The monoisotopic (exact) mass is 307 g/mol. The van der Waals surface area contributed by atoms with Crippen LogP contribution in [0.4, 0.5) is 0 Å². The molecule has 0 saturated heterocycles. The number of amides is 1. The zero-order chi connectivity index (χ0) is 15.3. The Hall–Kier alpha value is -1.49. The first-order chi connectivity index (χ1) is 10.1. The summed E-state index contributed by atoms with van der Waals surface area (Å²) < 4.78 is 0.162. The van der Waals surface area contributed by atoms with Gasteiger partial charge in [-0.3, -0.25) is 4.79 Å². The van der Waals surface area contributed by atoms with Gasteiger partial charge >= 0.3 is 5.97 Å². The van der Waals surface area contributed by atoms with Crippen LogP contribution in [0.3, 0.4) is 0 Å². The van der Waals surface area contributed by atoms with Gasteiger partial charge in [-0.1, -0.05) is 19.3 Å². The number of aromatic carboxylic acids is 1. The Kier molecular flexibility index (Phi) is 5.28. The molecular weight excluding hydrogens is 286 g/mol. The number of carbonyl (C=O) groups is 2. The van der Waals surface area contributed by atoms with Crippen LogP contribution in [0.5, 0.6) is 0 Å². The quantitative estimate of drug-likeness (QED) is 0.877. The molecule has 0 aliphatic heterocycles. The molecule has 1 aliphatic rings. The van der Waals surface area contributed by atoms with E-state index in [1.807, 2.05) is 11.8 Å². The number of hydrogen-bond acceptors (Lipinski definition) is 3. The lowest BCUT2D eigenvalue weighted by molar-refractivity contribution is 0.0696. The first kappa shape index (κ1) is 15.9. The van der Waals surface area contributed by atoms with Gasteiger partial charge in [0.15, 0.2) is 0 Å². The molecule has 1 amide bonds. The van der Waals surface area contributed by atoms with Crippen LogP contribution in [0.25, 0.3) is 0 Å². The number of hydrogen-bond donors (Lipinski definition) is 2. The fraction of sp³-hybridized carbons (Fsp3) is 0.500. The van der Waals surface area contributed by atoms with Crippen molar-refractivity contribution in [1.29, 1.82) is 0 Å². The molecule has 1 fully saturated rings. The van der Waals surface area contributed by atoms with Crippen molar-refractivity contribution in [2.75, 3.05) is 12.8 Å². The molecule has 2 rings (SSSR count). The maximum atomic E-state index is 12.2. The van der Waals surface area contributed by atoms with Gasteiger partial charge in [0.25, 0.3) is 5.91 Å². The van der Waals surface area contributed by atoms with E-state index < -0.39 is 5.97 Å². The SMILES string of the molecule is CSC1(CNC(=O)c2ccc(C(=O)O)cc2)CCCCC1. The molecule has 1 saturated carbocycles. The summed E-state index contributed by atoms with van der Waals surface area (Å²) in [5, 5.41) is 11.9. The van der Waals surface area contributed by atoms with Crippen molar-refractivity contribution < 1.29 is 14.7 Å². The Balaban J connectivity index is 1.96. The molecule has 0 unspecified atom stereocenters. The fourth-order valence-corrected chi connectivity index (χ4v) is 3.67. The van der Waals surface area contributed by atoms with Gasteiger partial charge in [-0.15, -0.1) is 0 Å². The molecule has 21 heavy (non-hydrogen) atoms. The fourth-order valence-electron chi connectivity index (χ4n) is 2.76. The lowest BCUT2D eigenvalue weighted by atomic mass is 9.88. The van der Waals surface area contributed by atoms with E-state index in [0.717, 1.165) is 12.8 Å². The average Bonchev–Trinajstić information content (AvgIpc) is 2.53. The molecule has 0 bridgehead atoms. The smallest absolute Gasteiger partial charge is 0.335 e. The van der Waals surface area contributed by atoms with E-state index >= 15 is 0 Å². The summed E-state index contributed by atoms with van der Waals surface area (Å²) in [6.45, 7) is 0.674. The van der Waals surface area contributed by atoms with Crippen molar-refractivity contribution in [1.82, 2.24) is 5.32 Å². The van der Waals surface area contributed by atoms with Crippen molar-refractivity contribution in [2.45, 2.75) is 36.9 Å². The van der Waals surface area contributed by atoms with Crippen molar-refractivity contribution in [2.24, 2.45) is 0 Å². The first-order valence-corrected chi connectivity index (χ1v) is 8.45. The number of carbonyl (C=O) groups excluding carboxylic acids is 1. The lowest BCUT2D eigenvalue weighted by Gasteiger charge is -2.35. The van der Waals surface area contributed by atoms with E-state index in [-0.39, 0.29) is 16.2 Å². The second-order valence-corrected chi connectivity index (χ2v) is 6.79. The third kappa shape index (κ3) is 4.00. The van der Waals surface area contributed by atoms with E-state index in [1.54, 1.807) is 12.1 Å². The number of rotatable bonds is 5. The molecule has 4 nitrogen and oxygen atoms in total. The Morgan fingerprint density at radius 3 is 2.24 bits per heavy atom. The van der Waals surface area contributed by atoms with Gasteiger partial charge in [-0.25, -0.2) is 4.79 Å². The number of thioether (sulfide) groups is 1. The summed E-state index contributed by atoms with van der Waals surface area (Å²) >= 11 is 1.84. The third-order valence-corrected chi connectivity index (χ3v) is 5.58. The Bertz CT molecular complexity index is 507. The van der Waals surface area contributed by atoms with Crippen LogP contribution < -0.4 is 5.32 Å². The highest BCUT2D eigenvalue weighted by atomic mass is 32.2. The van der Waals surface area contributed by atoms with Crippen LogP contribution >= 0.6 is 11.8 Å². The molecule has 0 radical (unpaired) electrons. The number of carboxylic acids is 1. The highest BCUT2D eigenvalue weighted by Gasteiger charge is 2.31. The van der Waals surface area contributed by atoms with Crippen molar-refractivity contribution in [3.63, 3.8) is 0 Å². The van der Waals surface area contributed by atoms with E-state index in [9.17, 15) is 9.59 Å². The summed E-state index contributed by atoms with van der Waals surface area (Å²) in [6, 6.07) is 6.04. The standard InChI is InChI=1S/C16H21NO3S/c1-21-16(9-3-2-4-10-16)11-17-14(18)12-5-7-13(8-6-12)15(19)20/h5-8H,2-4,9-11H2,1H3,(H,17,18)(H,19,20). The summed E-state index contributed by atoms with van der Waals surface area (Å²) in [6.07, 6.45) is 8.14. The van der Waals surface area contributed by atoms with E-state index in [1.165, 1.54) is 31.4 Å². The third-order valence-electron chi connectivity index (χ3n) is 4.16. The van der Waals surface area contributed by atoms with Gasteiger partial charge in [0.1, 0.15) is 0 Å². The maximum absolute atomic E-state index is 12.2. The predicted octanol–water partition coefficient (Wildman–Crippen LogP) is 3.18. The zero-order valence-corrected chi connectivity index (χ0v) is 13.0. The van der Waals surface area contributed by atoms with Gasteiger partial charge < -0.3 is 10.4 Å². The molecule has 1 aliphatic carbocycles. The van der Waals surface area contributed by atoms with Crippen LogP contribution in [0, 0.1) is 0 Å². The Labute approximate surface area is 129 Å². The second-order valence-electron chi connectivity index (χ2n) is 5.51. The van der Waals surface area contributed by atoms with Crippen LogP contribution in [0.1, 0.15) is 52.8 Å². The van der Waals surface area contributed by atoms with Gasteiger partial charge in [-0.05, 0) is 43.4 Å². The van der Waals surface area contributed by atoms with Crippen LogP contribution in [0.2, 0.25) is 0 Å². The Morgan fingerprint density at radius 1 is 1.14 bits per heavy atom. The summed E-state index contributed by atoms with van der Waals surface area (Å²) in [5.41, 5.74) is 0.700. The largest absolute Gasteiger partial charge is 0.478 e. The maximum Gasteiger partial charge on any atom is 0.335 e. The van der Waals surface area contributed by atoms with Gasteiger partial charge in [0.2, 0.25) is 0 Å². The highest BCUT2D eigenvalue weighted by Crippen LogP contribution is 2.37. The zero-order valence-electron chi connectivity index (χ0n) is 12.2. The van der Waals surface area contributed by atoms with Crippen LogP contribution in [-0.4, -0.2) is 34.5 Å². The van der Waals surface area contributed by atoms with E-state index in [0.29, 0.717) is 12.1 Å². The molecule has 0 atom stereocenters. The number of benzene rings is 1. The molecule has 0 spiro atoms. The molecule has 114 valence electrons. The molecular formula is C16H21NO3S. The first-order valence-electron chi connectivity index (χ1n) is 7.23. The van der Waals surface area contributed by atoms with Gasteiger partial charge in [0.05, 0.1) is 5.56 Å². The average molecular weight is 307 g/mol. The van der Waals surface area contributed by atoms with Crippen molar-refractivity contribution >= 4 is 23.6 Å². The van der Waals surface area contributed by atoms with E-state index in [4.69, 9.17) is 5.11 Å². The van der Waals surface area contributed by atoms with Crippen LogP contribution in [-0.2, 0) is 0 Å². The lowest BCUT2D eigenvalue weighted by Crippen LogP contribution is -2.41. The summed E-state index contributed by atoms with van der Waals surface area (Å²) in [7, 11) is 0. The minimum atomic E-state index is -0.981.